The third-order valence-corrected chi connectivity index (χ3v) is 3.82. The summed E-state index contributed by atoms with van der Waals surface area (Å²) >= 11 is 0. The Labute approximate surface area is 139 Å². The highest BCUT2D eigenvalue weighted by molar-refractivity contribution is 5.79. The Kier molecular flexibility index (Phi) is 3.60. The van der Waals surface area contributed by atoms with Crippen LogP contribution in [0.3, 0.4) is 0 Å². The van der Waals surface area contributed by atoms with Crippen LogP contribution in [0.5, 0.6) is 5.75 Å². The van der Waals surface area contributed by atoms with Gasteiger partial charge >= 0.3 is 0 Å². The van der Waals surface area contributed by atoms with Crippen molar-refractivity contribution in [2.75, 3.05) is 0 Å². The average molecular weight is 313 g/mol. The summed E-state index contributed by atoms with van der Waals surface area (Å²) in [4.78, 5) is 4.71. The maximum absolute atomic E-state index is 9.47. The van der Waals surface area contributed by atoms with Crippen LogP contribution in [0.2, 0.25) is 0 Å². The Hall–Kier alpha value is -3.33. The molecule has 1 aromatic heterocycles. The van der Waals surface area contributed by atoms with E-state index in [1.54, 1.807) is 24.3 Å². The predicted octanol–water partition coefficient (Wildman–Crippen LogP) is 5.38. The van der Waals surface area contributed by atoms with Gasteiger partial charge in [0.05, 0.1) is 0 Å². The first kappa shape index (κ1) is 14.3. The molecule has 0 amide bonds. The highest BCUT2D eigenvalue weighted by Gasteiger charge is 2.17. The lowest BCUT2D eigenvalue weighted by Gasteiger charge is -2.00. The molecule has 0 aliphatic rings. The van der Waals surface area contributed by atoms with Crippen molar-refractivity contribution in [1.82, 2.24) is 4.98 Å². The van der Waals surface area contributed by atoms with Crippen LogP contribution in [-0.4, -0.2) is 10.1 Å². The molecule has 0 saturated carbocycles. The van der Waals surface area contributed by atoms with Gasteiger partial charge in [-0.25, -0.2) is 4.98 Å². The van der Waals surface area contributed by atoms with Gasteiger partial charge < -0.3 is 9.52 Å². The third kappa shape index (κ3) is 2.68. The predicted molar refractivity (Wildman–Crippen MR) is 94.5 cm³/mol. The molecule has 0 aliphatic carbocycles. The fraction of sp³-hybridized carbons (Fsp3) is 0. The lowest BCUT2D eigenvalue weighted by molar-refractivity contribution is 0.475. The minimum absolute atomic E-state index is 0.219. The molecular formula is C21H15NO2. The fourth-order valence-electron chi connectivity index (χ4n) is 2.62. The average Bonchev–Trinajstić information content (AvgIpc) is 3.09. The van der Waals surface area contributed by atoms with Gasteiger partial charge in [-0.05, 0) is 24.3 Å². The van der Waals surface area contributed by atoms with Crippen LogP contribution >= 0.6 is 0 Å². The lowest BCUT2D eigenvalue weighted by atomic mass is 10.1. The normalized spacial score (nSPS) is 10.7. The largest absolute Gasteiger partial charge is 0.508 e. The molecule has 0 saturated heterocycles. The van der Waals surface area contributed by atoms with Crippen molar-refractivity contribution in [2.45, 2.75) is 0 Å². The van der Waals surface area contributed by atoms with E-state index >= 15 is 0 Å². The lowest BCUT2D eigenvalue weighted by Crippen LogP contribution is -1.82. The molecule has 1 N–H and O–H groups in total. The maximum Gasteiger partial charge on any atom is 0.227 e. The molecule has 0 unspecified atom stereocenters. The van der Waals surface area contributed by atoms with Crippen LogP contribution in [0.15, 0.2) is 89.3 Å². The number of hydrogen-bond acceptors (Lipinski definition) is 3. The SMILES string of the molecule is Oc1ccc(-c2nc(-c3ccccc3)c(-c3ccccc3)o2)cc1. The number of aromatic nitrogens is 1. The number of nitrogens with zero attached hydrogens (tertiary/aromatic N) is 1. The minimum atomic E-state index is 0.219. The number of aromatic hydroxyl groups is 1. The van der Waals surface area contributed by atoms with Gasteiger partial charge in [0.2, 0.25) is 5.89 Å². The molecule has 4 aromatic rings. The number of benzene rings is 3. The fourth-order valence-corrected chi connectivity index (χ4v) is 2.62. The zero-order valence-electron chi connectivity index (χ0n) is 12.9. The number of hydrogen-bond donors (Lipinski definition) is 1. The van der Waals surface area contributed by atoms with E-state index < -0.39 is 0 Å². The van der Waals surface area contributed by atoms with Gasteiger partial charge in [-0.1, -0.05) is 60.7 Å². The molecule has 4 rings (SSSR count). The molecular weight excluding hydrogens is 298 g/mol. The van der Waals surface area contributed by atoms with Crippen molar-refractivity contribution in [3.63, 3.8) is 0 Å². The highest BCUT2D eigenvalue weighted by Crippen LogP contribution is 2.35. The Morgan fingerprint density at radius 2 is 1.21 bits per heavy atom. The van der Waals surface area contributed by atoms with Crippen LogP contribution < -0.4 is 0 Å². The first-order valence-corrected chi connectivity index (χ1v) is 7.72. The van der Waals surface area contributed by atoms with Gasteiger partial charge in [0.1, 0.15) is 11.4 Å². The molecule has 3 nitrogen and oxygen atoms in total. The number of rotatable bonds is 3. The Morgan fingerprint density at radius 3 is 1.83 bits per heavy atom. The van der Waals surface area contributed by atoms with E-state index in [0.29, 0.717) is 5.89 Å². The van der Waals surface area contributed by atoms with Crippen LogP contribution in [0.1, 0.15) is 0 Å². The van der Waals surface area contributed by atoms with E-state index in [-0.39, 0.29) is 5.75 Å². The zero-order valence-corrected chi connectivity index (χ0v) is 12.9. The van der Waals surface area contributed by atoms with Gasteiger partial charge in [-0.15, -0.1) is 0 Å². The van der Waals surface area contributed by atoms with Crippen molar-refractivity contribution >= 4 is 0 Å². The molecule has 0 aliphatic heterocycles. The van der Waals surface area contributed by atoms with Gasteiger partial charge in [-0.3, -0.25) is 0 Å². The van der Waals surface area contributed by atoms with Gasteiger partial charge in [0.25, 0.3) is 0 Å². The van der Waals surface area contributed by atoms with E-state index in [1.807, 2.05) is 60.7 Å². The molecule has 0 radical (unpaired) electrons. The zero-order chi connectivity index (χ0) is 16.4. The van der Waals surface area contributed by atoms with Crippen LogP contribution in [0.25, 0.3) is 34.0 Å². The van der Waals surface area contributed by atoms with Crippen molar-refractivity contribution < 1.29 is 9.52 Å². The Balaban J connectivity index is 1.89. The van der Waals surface area contributed by atoms with Gasteiger partial charge in [0.15, 0.2) is 5.76 Å². The summed E-state index contributed by atoms with van der Waals surface area (Å²) in [6.45, 7) is 0. The topological polar surface area (TPSA) is 46.3 Å². The quantitative estimate of drug-likeness (QED) is 0.552. The van der Waals surface area contributed by atoms with Crippen molar-refractivity contribution in [3.8, 4) is 39.8 Å². The minimum Gasteiger partial charge on any atom is -0.508 e. The summed E-state index contributed by atoms with van der Waals surface area (Å²) in [5.74, 6) is 1.49. The first-order valence-electron chi connectivity index (χ1n) is 7.72. The second-order valence-corrected chi connectivity index (χ2v) is 5.48. The van der Waals surface area contributed by atoms with Crippen LogP contribution in [0.4, 0.5) is 0 Å². The summed E-state index contributed by atoms with van der Waals surface area (Å²) in [5, 5.41) is 9.47. The van der Waals surface area contributed by atoms with Crippen molar-refractivity contribution in [1.29, 1.82) is 0 Å². The molecule has 0 atom stereocenters. The van der Waals surface area contributed by atoms with Crippen molar-refractivity contribution in [3.05, 3.63) is 84.9 Å². The van der Waals surface area contributed by atoms with Gasteiger partial charge in [-0.2, -0.15) is 0 Å². The summed E-state index contributed by atoms with van der Waals surface area (Å²) in [6.07, 6.45) is 0. The Morgan fingerprint density at radius 1 is 0.625 bits per heavy atom. The highest BCUT2D eigenvalue weighted by atomic mass is 16.4. The molecule has 24 heavy (non-hydrogen) atoms. The first-order chi connectivity index (χ1) is 11.8. The van der Waals surface area contributed by atoms with E-state index in [4.69, 9.17) is 9.40 Å². The van der Waals surface area contributed by atoms with Crippen LogP contribution in [-0.2, 0) is 0 Å². The molecule has 0 fully saturated rings. The monoisotopic (exact) mass is 313 g/mol. The Bertz CT molecular complexity index is 885. The maximum atomic E-state index is 9.47. The summed E-state index contributed by atoms with van der Waals surface area (Å²) in [7, 11) is 0. The number of phenols is 1. The molecule has 0 spiro atoms. The second-order valence-electron chi connectivity index (χ2n) is 5.48. The van der Waals surface area contributed by atoms with E-state index in [9.17, 15) is 5.11 Å². The molecule has 3 heteroatoms. The van der Waals surface area contributed by atoms with E-state index in [1.165, 1.54) is 0 Å². The molecule has 1 heterocycles. The number of oxazole rings is 1. The molecule has 0 bridgehead atoms. The summed E-state index contributed by atoms with van der Waals surface area (Å²) in [6, 6.07) is 26.8. The van der Waals surface area contributed by atoms with E-state index in [2.05, 4.69) is 0 Å². The van der Waals surface area contributed by atoms with Gasteiger partial charge in [0, 0.05) is 16.7 Å². The number of phenolic OH excluding ortho intramolecular Hbond substituents is 1. The molecule has 3 aromatic carbocycles. The smallest absolute Gasteiger partial charge is 0.227 e. The third-order valence-electron chi connectivity index (χ3n) is 3.82. The summed E-state index contributed by atoms with van der Waals surface area (Å²) in [5.41, 5.74) is 3.62. The second kappa shape index (κ2) is 6.05. The van der Waals surface area contributed by atoms with Crippen LogP contribution in [0, 0.1) is 0 Å². The summed E-state index contributed by atoms with van der Waals surface area (Å²) < 4.78 is 6.09. The standard InChI is InChI=1S/C21H15NO2/c23-18-13-11-17(12-14-18)21-22-19(15-7-3-1-4-8-15)20(24-21)16-9-5-2-6-10-16/h1-14,23H. The van der Waals surface area contributed by atoms with E-state index in [0.717, 1.165) is 28.1 Å². The molecule has 116 valence electrons. The van der Waals surface area contributed by atoms with Crippen molar-refractivity contribution in [2.24, 2.45) is 0 Å².